The largest absolute Gasteiger partial charge is 0.335 e. The van der Waals surface area contributed by atoms with Crippen molar-refractivity contribution in [1.82, 2.24) is 24.6 Å². The van der Waals surface area contributed by atoms with Crippen molar-refractivity contribution in [2.24, 2.45) is 0 Å². The summed E-state index contributed by atoms with van der Waals surface area (Å²) in [5.41, 5.74) is 4.91. The number of benzene rings is 1. The third-order valence-electron chi connectivity index (χ3n) is 6.85. The molecule has 2 aromatic heterocycles. The number of pyridine rings is 1. The number of piperazine rings is 1. The first-order valence-corrected chi connectivity index (χ1v) is 12.2. The van der Waals surface area contributed by atoms with Gasteiger partial charge in [-0.3, -0.25) is 9.59 Å². The van der Waals surface area contributed by atoms with E-state index in [2.05, 4.69) is 20.8 Å². The predicted molar refractivity (Wildman–Crippen MR) is 132 cm³/mol. The minimum absolute atomic E-state index is 0.00768. The first-order valence-electron chi connectivity index (χ1n) is 12.2. The zero-order valence-electron chi connectivity index (χ0n) is 20.8. The van der Waals surface area contributed by atoms with Crippen LogP contribution in [0.5, 0.6) is 0 Å². The lowest BCUT2D eigenvalue weighted by molar-refractivity contribution is 0.0536. The molecule has 3 heterocycles. The third-order valence-corrected chi connectivity index (χ3v) is 6.85. The molecular formula is C27H33N5O2. The Morgan fingerprint density at radius 2 is 1.50 bits per heavy atom. The molecule has 0 unspecified atom stereocenters. The predicted octanol–water partition coefficient (Wildman–Crippen LogP) is 4.28. The molecule has 3 aromatic rings. The molecule has 1 aliphatic carbocycles. The molecule has 2 amide bonds. The number of hydrogen-bond donors (Lipinski definition) is 0. The summed E-state index contributed by atoms with van der Waals surface area (Å²) in [5.74, 6) is 0.466. The van der Waals surface area contributed by atoms with Crippen molar-refractivity contribution in [3.8, 4) is 0 Å². The molecule has 0 bridgehead atoms. The van der Waals surface area contributed by atoms with Crippen molar-refractivity contribution in [2.75, 3.05) is 26.2 Å². The summed E-state index contributed by atoms with van der Waals surface area (Å²) in [5, 5.41) is 5.63. The van der Waals surface area contributed by atoms with E-state index >= 15 is 0 Å². The van der Waals surface area contributed by atoms with E-state index in [-0.39, 0.29) is 17.4 Å². The van der Waals surface area contributed by atoms with Gasteiger partial charge in [0.15, 0.2) is 5.65 Å². The number of nitrogens with zero attached hydrogens (tertiary/aromatic N) is 5. The summed E-state index contributed by atoms with van der Waals surface area (Å²) in [6.45, 7) is 12.4. The quantitative estimate of drug-likeness (QED) is 0.586. The van der Waals surface area contributed by atoms with Gasteiger partial charge in [-0.05, 0) is 65.7 Å². The van der Waals surface area contributed by atoms with Crippen LogP contribution in [0.25, 0.3) is 11.0 Å². The Kier molecular flexibility index (Phi) is 5.46. The zero-order valence-corrected chi connectivity index (χ0v) is 20.8. The van der Waals surface area contributed by atoms with E-state index in [0.29, 0.717) is 43.2 Å². The lowest BCUT2D eigenvalue weighted by atomic mass is 10.0. The first-order chi connectivity index (χ1) is 16.1. The molecule has 1 aromatic carbocycles. The minimum atomic E-state index is -0.232. The fourth-order valence-electron chi connectivity index (χ4n) is 4.69. The zero-order chi connectivity index (χ0) is 24.2. The van der Waals surface area contributed by atoms with Crippen LogP contribution in [0.3, 0.4) is 0 Å². The van der Waals surface area contributed by atoms with Gasteiger partial charge in [-0.2, -0.15) is 5.10 Å². The lowest BCUT2D eigenvalue weighted by Crippen LogP contribution is -2.50. The molecule has 0 spiro atoms. The van der Waals surface area contributed by atoms with Gasteiger partial charge in [0.2, 0.25) is 0 Å². The van der Waals surface area contributed by atoms with Crippen LogP contribution in [0.4, 0.5) is 0 Å². The number of aromatic nitrogens is 3. The molecule has 1 saturated carbocycles. The van der Waals surface area contributed by atoms with E-state index < -0.39 is 0 Å². The lowest BCUT2D eigenvalue weighted by Gasteiger charge is -2.35. The molecule has 2 aliphatic rings. The van der Waals surface area contributed by atoms with Crippen LogP contribution in [0.15, 0.2) is 30.3 Å². The van der Waals surface area contributed by atoms with Crippen LogP contribution in [0, 0.1) is 13.8 Å². The van der Waals surface area contributed by atoms with Crippen LogP contribution in [0.2, 0.25) is 0 Å². The minimum Gasteiger partial charge on any atom is -0.335 e. The van der Waals surface area contributed by atoms with Crippen LogP contribution in [-0.2, 0) is 5.54 Å². The second-order valence-corrected chi connectivity index (χ2v) is 10.7. The van der Waals surface area contributed by atoms with Gasteiger partial charge in [0.1, 0.15) is 0 Å². The van der Waals surface area contributed by atoms with Crippen molar-refractivity contribution >= 4 is 22.8 Å². The highest BCUT2D eigenvalue weighted by Crippen LogP contribution is 2.41. The van der Waals surface area contributed by atoms with Gasteiger partial charge in [-0.1, -0.05) is 17.7 Å². The second kappa shape index (κ2) is 8.22. The van der Waals surface area contributed by atoms with Gasteiger partial charge < -0.3 is 9.80 Å². The van der Waals surface area contributed by atoms with Gasteiger partial charge in [0.25, 0.3) is 11.8 Å². The Balaban J connectivity index is 1.41. The number of fused-ring (bicyclic) bond motifs is 1. The molecule has 178 valence electrons. The maximum Gasteiger partial charge on any atom is 0.254 e. The molecule has 1 saturated heterocycles. The van der Waals surface area contributed by atoms with Gasteiger partial charge in [-0.25, -0.2) is 9.67 Å². The summed E-state index contributed by atoms with van der Waals surface area (Å²) in [7, 11) is 0. The molecule has 7 heteroatoms. The number of amides is 2. The summed E-state index contributed by atoms with van der Waals surface area (Å²) in [6.07, 6.45) is 2.24. The Hall–Kier alpha value is -3.22. The summed E-state index contributed by atoms with van der Waals surface area (Å²) in [6, 6.07) is 9.65. The SMILES string of the molecule is Cc1ccc(C(=O)N2CCN(C(=O)c3cc(C4CC4)nc4c3c(C)nn4C(C)(C)C)CC2)cc1. The molecule has 34 heavy (non-hydrogen) atoms. The molecule has 5 rings (SSSR count). The standard InChI is InChI=1S/C27H33N5O2/c1-17-6-8-20(9-7-17)25(33)30-12-14-31(15-13-30)26(34)21-16-22(19-10-11-19)28-24-23(21)18(2)29-32(24)27(3,4)5/h6-9,16,19H,10-15H2,1-5H3. The van der Waals surface area contributed by atoms with Gasteiger partial charge in [0.05, 0.1) is 22.2 Å². The monoisotopic (exact) mass is 459 g/mol. The van der Waals surface area contributed by atoms with Gasteiger partial charge in [-0.15, -0.1) is 0 Å². The van der Waals surface area contributed by atoms with E-state index in [4.69, 9.17) is 10.1 Å². The van der Waals surface area contributed by atoms with E-state index in [1.54, 1.807) is 0 Å². The Bertz CT molecular complexity index is 1260. The topological polar surface area (TPSA) is 71.3 Å². The van der Waals surface area contributed by atoms with Crippen molar-refractivity contribution in [3.63, 3.8) is 0 Å². The Morgan fingerprint density at radius 1 is 0.912 bits per heavy atom. The highest BCUT2D eigenvalue weighted by Gasteiger charge is 2.32. The van der Waals surface area contributed by atoms with Crippen LogP contribution < -0.4 is 0 Å². The first kappa shape index (κ1) is 22.6. The second-order valence-electron chi connectivity index (χ2n) is 10.7. The Morgan fingerprint density at radius 3 is 2.06 bits per heavy atom. The van der Waals surface area contributed by atoms with Crippen molar-refractivity contribution in [1.29, 1.82) is 0 Å². The molecule has 0 radical (unpaired) electrons. The molecule has 1 aliphatic heterocycles. The maximum atomic E-state index is 13.8. The maximum absolute atomic E-state index is 13.8. The number of carbonyl (C=O) groups excluding carboxylic acids is 2. The van der Waals surface area contributed by atoms with Crippen LogP contribution >= 0.6 is 0 Å². The number of carbonyl (C=O) groups is 2. The van der Waals surface area contributed by atoms with Gasteiger partial charge >= 0.3 is 0 Å². The molecule has 7 nitrogen and oxygen atoms in total. The van der Waals surface area contributed by atoms with Crippen molar-refractivity contribution in [3.05, 3.63) is 58.4 Å². The average molecular weight is 460 g/mol. The smallest absolute Gasteiger partial charge is 0.254 e. The molecule has 0 N–H and O–H groups in total. The average Bonchev–Trinajstić information content (AvgIpc) is 3.61. The molecule has 0 atom stereocenters. The fraction of sp³-hybridized carbons (Fsp3) is 0.481. The van der Waals surface area contributed by atoms with E-state index in [1.165, 1.54) is 0 Å². The normalized spacial score (nSPS) is 16.9. The number of rotatable bonds is 3. The highest BCUT2D eigenvalue weighted by molar-refractivity contribution is 6.06. The molecular weight excluding hydrogens is 426 g/mol. The molecule has 2 fully saturated rings. The number of aryl methyl sites for hydroxylation is 2. The van der Waals surface area contributed by atoms with Crippen molar-refractivity contribution < 1.29 is 9.59 Å². The Labute approximate surface area is 200 Å². The summed E-state index contributed by atoms with van der Waals surface area (Å²) < 4.78 is 1.96. The third kappa shape index (κ3) is 4.08. The van der Waals surface area contributed by atoms with Crippen molar-refractivity contribution in [2.45, 2.75) is 58.9 Å². The van der Waals surface area contributed by atoms with Crippen LogP contribution in [0.1, 0.15) is 77.2 Å². The van der Waals surface area contributed by atoms with E-state index in [0.717, 1.165) is 40.8 Å². The highest BCUT2D eigenvalue weighted by atomic mass is 16.2. The summed E-state index contributed by atoms with van der Waals surface area (Å²) in [4.78, 5) is 35.3. The van der Waals surface area contributed by atoms with Crippen LogP contribution in [-0.4, -0.2) is 62.6 Å². The number of hydrogen-bond acceptors (Lipinski definition) is 4. The summed E-state index contributed by atoms with van der Waals surface area (Å²) >= 11 is 0. The van der Waals surface area contributed by atoms with E-state index in [1.807, 2.05) is 58.7 Å². The van der Waals surface area contributed by atoms with E-state index in [9.17, 15) is 9.59 Å². The fourth-order valence-corrected chi connectivity index (χ4v) is 4.69. The van der Waals surface area contributed by atoms with Gasteiger partial charge in [0, 0.05) is 43.4 Å².